The number of aromatic nitrogens is 2. The highest BCUT2D eigenvalue weighted by atomic mass is 16.4. The van der Waals surface area contributed by atoms with Crippen molar-refractivity contribution in [1.29, 1.82) is 0 Å². The molecule has 0 radical (unpaired) electrons. The van der Waals surface area contributed by atoms with Gasteiger partial charge in [-0.05, 0) is 48.4 Å². The molecule has 0 spiro atoms. The summed E-state index contributed by atoms with van der Waals surface area (Å²) in [6, 6.07) is 6.40. The molecule has 2 bridgehead atoms. The van der Waals surface area contributed by atoms with Crippen LogP contribution in [0.4, 0.5) is 0 Å². The Morgan fingerprint density at radius 2 is 1.58 bits per heavy atom. The summed E-state index contributed by atoms with van der Waals surface area (Å²) < 4.78 is 1.39. The van der Waals surface area contributed by atoms with Crippen LogP contribution in [0, 0.1) is 5.92 Å². The normalized spacial score (nSPS) is 23.8. The lowest BCUT2D eigenvalue weighted by Crippen LogP contribution is -2.58. The van der Waals surface area contributed by atoms with Crippen molar-refractivity contribution in [3.05, 3.63) is 72.1 Å². The molecule has 7 atom stereocenters. The van der Waals surface area contributed by atoms with Crippen LogP contribution in [-0.4, -0.2) is 134 Å². The number of nitrogens with zero attached hydrogens (tertiary/aromatic N) is 2. The molecule has 2 unspecified atom stereocenters. The van der Waals surface area contributed by atoms with Gasteiger partial charge in [-0.3, -0.25) is 38.4 Å². The standard InChI is InChI=1S/C44H52N10O11/c1-22(2)36-41(61)46-19-35(57)48-31(21-55)39(59)50-30(44(64)65)17-24-20-54(32-11-6-4-9-26(24)32)37(42(62)51-36)52-38(58)29(16-23-18-45-27-10-5-3-8-25(23)27)49-40(60)33-12-7-15-53(33)43(63)28-13-14-34(56)47-28/h3-6,8-11,18,20,22,28-31,33,36-37,45,55H,7,12-17,19,21H2,1-2H3,(H,46,61)(H,47,56)(H,48,57)(H,49,60)(H,50,59)(H,51,62)(H,52,58)(H,64,65)/t28-,29?,30-,31?,33-,36-,37+/m0/s1. The van der Waals surface area contributed by atoms with Gasteiger partial charge in [0.15, 0.2) is 6.17 Å². The summed E-state index contributed by atoms with van der Waals surface area (Å²) in [5.41, 5.74) is 2.07. The number of hydrogen-bond acceptors (Lipinski definition) is 10. The van der Waals surface area contributed by atoms with Crippen molar-refractivity contribution in [1.82, 2.24) is 51.7 Å². The van der Waals surface area contributed by atoms with Crippen LogP contribution in [0.5, 0.6) is 0 Å². The Balaban J connectivity index is 1.27. The van der Waals surface area contributed by atoms with Gasteiger partial charge in [-0.15, -0.1) is 0 Å². The predicted molar refractivity (Wildman–Crippen MR) is 231 cm³/mol. The van der Waals surface area contributed by atoms with Crippen molar-refractivity contribution in [2.45, 2.75) is 94.8 Å². The summed E-state index contributed by atoms with van der Waals surface area (Å²) in [7, 11) is 0. The maximum absolute atomic E-state index is 14.9. The summed E-state index contributed by atoms with van der Waals surface area (Å²) in [6.45, 7) is 1.99. The van der Waals surface area contributed by atoms with Gasteiger partial charge in [0.1, 0.15) is 36.3 Å². The SMILES string of the molecule is CC(C)[C@@H]1NC(=O)[C@H](NC(=O)C(Cc2c[nH]c3ccccc23)NC(=O)[C@@H]2CCCN2C(=O)[C@@H]2CCC(=O)N2)n2cc(c3ccccc32)C[C@@H](C(=O)O)NC(=O)C(CO)NC(=O)CNC1=O. The van der Waals surface area contributed by atoms with E-state index >= 15 is 0 Å². The summed E-state index contributed by atoms with van der Waals surface area (Å²) in [4.78, 5) is 126. The Hall–Kier alpha value is -7.29. The Labute approximate surface area is 371 Å². The molecule has 2 fully saturated rings. The van der Waals surface area contributed by atoms with Crippen molar-refractivity contribution >= 4 is 75.0 Å². The van der Waals surface area contributed by atoms with Crippen molar-refractivity contribution in [2.24, 2.45) is 5.92 Å². The number of rotatable bonds is 10. The molecule has 2 aromatic heterocycles. The van der Waals surface area contributed by atoms with Gasteiger partial charge < -0.3 is 61.9 Å². The predicted octanol–water partition coefficient (Wildman–Crippen LogP) is -1.41. The molecule has 0 aliphatic carbocycles. The fraction of sp³-hybridized carbons (Fsp3) is 0.432. The molecule has 65 heavy (non-hydrogen) atoms. The molecule has 5 heterocycles. The van der Waals surface area contributed by atoms with Crippen molar-refractivity contribution in [3.8, 4) is 0 Å². The van der Waals surface area contributed by atoms with Gasteiger partial charge in [0.2, 0.25) is 41.4 Å². The van der Waals surface area contributed by atoms with Crippen molar-refractivity contribution in [3.63, 3.8) is 0 Å². The number of carboxylic acids is 1. The van der Waals surface area contributed by atoms with Crippen LogP contribution in [0.25, 0.3) is 21.8 Å². The van der Waals surface area contributed by atoms with E-state index in [1.807, 2.05) is 24.3 Å². The first-order chi connectivity index (χ1) is 31.1. The molecule has 2 saturated heterocycles. The molecule has 2 aromatic carbocycles. The van der Waals surface area contributed by atoms with Gasteiger partial charge in [0.05, 0.1) is 18.7 Å². The second-order valence-corrected chi connectivity index (χ2v) is 16.8. The number of aromatic amines is 1. The van der Waals surface area contributed by atoms with E-state index in [2.05, 4.69) is 42.2 Å². The number of nitrogens with one attached hydrogen (secondary N) is 8. The van der Waals surface area contributed by atoms with Gasteiger partial charge in [-0.2, -0.15) is 0 Å². The number of carbonyl (C=O) groups excluding carboxylic acids is 8. The van der Waals surface area contributed by atoms with Crippen LogP contribution < -0.4 is 37.2 Å². The summed E-state index contributed by atoms with van der Waals surface area (Å²) in [5, 5.41) is 39.4. The second-order valence-electron chi connectivity index (χ2n) is 16.8. The van der Waals surface area contributed by atoms with Gasteiger partial charge in [0, 0.05) is 54.5 Å². The average Bonchev–Trinajstić information content (AvgIpc) is 4.11. The lowest BCUT2D eigenvalue weighted by molar-refractivity contribution is -0.142. The lowest BCUT2D eigenvalue weighted by atomic mass is 10.0. The number of aliphatic hydroxyl groups excluding tert-OH is 1. The number of para-hydroxylation sites is 2. The van der Waals surface area contributed by atoms with Crippen LogP contribution in [-0.2, 0) is 56.0 Å². The third-order valence-electron chi connectivity index (χ3n) is 12.0. The molecule has 4 aromatic rings. The number of fused-ring (bicyclic) bond motifs is 6. The van der Waals surface area contributed by atoms with Crippen LogP contribution in [0.15, 0.2) is 60.9 Å². The van der Waals surface area contributed by atoms with E-state index in [-0.39, 0.29) is 38.1 Å². The lowest BCUT2D eigenvalue weighted by Gasteiger charge is -2.30. The Morgan fingerprint density at radius 3 is 2.29 bits per heavy atom. The Morgan fingerprint density at radius 1 is 0.846 bits per heavy atom. The van der Waals surface area contributed by atoms with Crippen molar-refractivity contribution in [2.75, 3.05) is 19.7 Å². The van der Waals surface area contributed by atoms with Gasteiger partial charge in [-0.1, -0.05) is 50.2 Å². The first kappa shape index (κ1) is 45.7. The first-order valence-electron chi connectivity index (χ1n) is 21.5. The molecule has 3 aliphatic rings. The molecule has 0 saturated carbocycles. The van der Waals surface area contributed by atoms with E-state index in [1.165, 1.54) is 15.7 Å². The zero-order valence-corrected chi connectivity index (χ0v) is 35.7. The highest BCUT2D eigenvalue weighted by Crippen LogP contribution is 2.27. The Bertz CT molecular complexity index is 2530. The van der Waals surface area contributed by atoms with E-state index in [0.717, 1.165) is 10.9 Å². The maximum Gasteiger partial charge on any atom is 0.326 e. The molecular formula is C44H52N10O11. The topological polar surface area (TPSA) is 302 Å². The third kappa shape index (κ3) is 10.1. The molecule has 21 nitrogen and oxygen atoms in total. The fourth-order valence-electron chi connectivity index (χ4n) is 8.63. The summed E-state index contributed by atoms with van der Waals surface area (Å²) in [5.74, 6) is -7.71. The maximum atomic E-state index is 14.9. The summed E-state index contributed by atoms with van der Waals surface area (Å²) >= 11 is 0. The fourth-order valence-corrected chi connectivity index (χ4v) is 8.63. The second kappa shape index (κ2) is 19.6. The minimum Gasteiger partial charge on any atom is -0.480 e. The van der Waals surface area contributed by atoms with Crippen LogP contribution in [0.1, 0.15) is 56.8 Å². The molecular weight excluding hydrogens is 845 g/mol. The van der Waals surface area contributed by atoms with Gasteiger partial charge in [-0.25, -0.2) is 4.79 Å². The molecule has 7 rings (SSSR count). The van der Waals surface area contributed by atoms with E-state index in [9.17, 15) is 53.4 Å². The zero-order valence-electron chi connectivity index (χ0n) is 35.7. The number of aliphatic hydroxyl groups is 1. The number of H-pyrrole nitrogens is 1. The van der Waals surface area contributed by atoms with E-state index in [1.54, 1.807) is 44.3 Å². The molecule has 3 aliphatic heterocycles. The number of aliphatic carboxylic acids is 1. The zero-order chi connectivity index (χ0) is 46.5. The van der Waals surface area contributed by atoms with E-state index in [0.29, 0.717) is 34.9 Å². The van der Waals surface area contributed by atoms with Crippen LogP contribution >= 0.6 is 0 Å². The minimum absolute atomic E-state index is 0.0825. The molecule has 10 N–H and O–H groups in total. The highest BCUT2D eigenvalue weighted by Gasteiger charge is 2.41. The largest absolute Gasteiger partial charge is 0.480 e. The number of amides is 8. The van der Waals surface area contributed by atoms with E-state index in [4.69, 9.17) is 0 Å². The van der Waals surface area contributed by atoms with Crippen LogP contribution in [0.2, 0.25) is 0 Å². The highest BCUT2D eigenvalue weighted by molar-refractivity contribution is 5.99. The summed E-state index contributed by atoms with van der Waals surface area (Å²) in [6.07, 6.45) is 2.32. The first-order valence-corrected chi connectivity index (χ1v) is 21.5. The quantitative estimate of drug-likeness (QED) is 0.0883. The average molecular weight is 897 g/mol. The number of likely N-dealkylation sites (tertiary alicyclic amines) is 1. The number of carbonyl (C=O) groups is 9. The third-order valence-corrected chi connectivity index (χ3v) is 12.0. The number of benzene rings is 2. The van der Waals surface area contributed by atoms with Crippen LogP contribution in [0.3, 0.4) is 0 Å². The van der Waals surface area contributed by atoms with Gasteiger partial charge >= 0.3 is 5.97 Å². The molecule has 21 heteroatoms. The molecule has 344 valence electrons. The number of carboxylic acid groups (broad SMARTS) is 1. The van der Waals surface area contributed by atoms with Gasteiger partial charge in [0.25, 0.3) is 5.91 Å². The minimum atomic E-state index is -1.66. The van der Waals surface area contributed by atoms with E-state index < -0.39 is 109 Å². The Kier molecular flexibility index (Phi) is 13.8. The monoisotopic (exact) mass is 896 g/mol. The number of hydrogen-bond donors (Lipinski definition) is 10. The van der Waals surface area contributed by atoms with Crippen molar-refractivity contribution < 1.29 is 53.4 Å². The molecule has 8 amide bonds. The smallest absolute Gasteiger partial charge is 0.326 e.